The molecule has 0 saturated heterocycles. The van der Waals surface area contributed by atoms with Gasteiger partial charge in [-0.2, -0.15) is 0 Å². The highest BCUT2D eigenvalue weighted by Crippen LogP contribution is 2.13. The molecule has 0 spiro atoms. The lowest BCUT2D eigenvalue weighted by Gasteiger charge is -2.22. The molecule has 0 radical (unpaired) electrons. The Morgan fingerprint density at radius 2 is 2.00 bits per heavy atom. The summed E-state index contributed by atoms with van der Waals surface area (Å²) in [6.45, 7) is 5.12. The van der Waals surface area contributed by atoms with Crippen molar-refractivity contribution >= 4 is 15.7 Å². The van der Waals surface area contributed by atoms with Gasteiger partial charge in [0.2, 0.25) is 10.0 Å². The molecule has 0 aromatic carbocycles. The summed E-state index contributed by atoms with van der Waals surface area (Å²) in [4.78, 5) is 11.8. The number of aromatic nitrogens is 1. The van der Waals surface area contributed by atoms with Crippen LogP contribution in [0.25, 0.3) is 0 Å². The smallest absolute Gasteiger partial charge is 0.274 e. The zero-order chi connectivity index (χ0) is 14.8. The van der Waals surface area contributed by atoms with Gasteiger partial charge in [-0.1, -0.05) is 0 Å². The monoisotopic (exact) mass is 288 g/mol. The largest absolute Gasteiger partial charge is 0.378 e. The van der Waals surface area contributed by atoms with Gasteiger partial charge in [-0.3, -0.25) is 9.52 Å². The Hall–Kier alpha value is -1.34. The molecule has 1 aromatic rings. The Morgan fingerprint density at radius 1 is 1.42 bits per heavy atom. The van der Waals surface area contributed by atoms with E-state index in [1.165, 1.54) is 17.7 Å². The Kier molecular flexibility index (Phi) is 4.42. The van der Waals surface area contributed by atoms with E-state index in [2.05, 4.69) is 4.72 Å². The first-order valence-corrected chi connectivity index (χ1v) is 7.44. The van der Waals surface area contributed by atoms with Crippen molar-refractivity contribution in [1.29, 1.82) is 0 Å². The van der Waals surface area contributed by atoms with Crippen LogP contribution in [-0.2, 0) is 21.8 Å². The topological polar surface area (TPSA) is 77.4 Å². The lowest BCUT2D eigenvalue weighted by atomic mass is 10.2. The molecular weight excluding hydrogens is 268 g/mol. The molecule has 0 atom stereocenters. The maximum atomic E-state index is 12.0. The van der Waals surface area contributed by atoms with Crippen LogP contribution in [0, 0.1) is 6.92 Å². The fourth-order valence-corrected chi connectivity index (χ4v) is 3.26. The predicted octanol–water partition coefficient (Wildman–Crippen LogP) is 0.860. The fourth-order valence-electron chi connectivity index (χ4n) is 1.67. The van der Waals surface area contributed by atoms with Gasteiger partial charge in [0, 0.05) is 20.4 Å². The number of rotatable bonds is 5. The molecule has 108 valence electrons. The van der Waals surface area contributed by atoms with Gasteiger partial charge in [0.05, 0.1) is 11.4 Å². The molecule has 1 heterocycles. The van der Waals surface area contributed by atoms with Gasteiger partial charge in [0.1, 0.15) is 5.69 Å². The maximum absolute atomic E-state index is 12.0. The summed E-state index contributed by atoms with van der Waals surface area (Å²) < 4.78 is 32.8. The molecular formula is C12H20N2O4S. The third-order valence-electron chi connectivity index (χ3n) is 2.68. The van der Waals surface area contributed by atoms with Crippen molar-refractivity contribution in [3.63, 3.8) is 0 Å². The lowest BCUT2D eigenvalue weighted by molar-refractivity contribution is 0.0426. The van der Waals surface area contributed by atoms with Gasteiger partial charge >= 0.3 is 0 Å². The van der Waals surface area contributed by atoms with E-state index in [4.69, 9.17) is 4.74 Å². The molecule has 0 amide bonds. The number of nitrogens with zero attached hydrogens (tertiary/aromatic N) is 1. The number of anilines is 1. The van der Waals surface area contributed by atoms with Crippen LogP contribution >= 0.6 is 0 Å². The van der Waals surface area contributed by atoms with Crippen molar-refractivity contribution in [3.05, 3.63) is 28.2 Å². The third kappa shape index (κ3) is 4.36. The second kappa shape index (κ2) is 5.34. The van der Waals surface area contributed by atoms with E-state index in [1.807, 2.05) is 0 Å². The average molecular weight is 288 g/mol. The number of pyridine rings is 1. The fraction of sp³-hybridized carbons (Fsp3) is 0.583. The number of ether oxygens (including phenoxy) is 1. The Bertz CT molecular complexity index is 617. The molecule has 0 saturated carbocycles. The first kappa shape index (κ1) is 15.7. The predicted molar refractivity (Wildman–Crippen MR) is 74.9 cm³/mol. The van der Waals surface area contributed by atoms with E-state index < -0.39 is 15.6 Å². The van der Waals surface area contributed by atoms with E-state index in [0.717, 1.165) is 5.56 Å². The Morgan fingerprint density at radius 3 is 2.53 bits per heavy atom. The van der Waals surface area contributed by atoms with Gasteiger partial charge in [0.25, 0.3) is 5.56 Å². The Labute approximate surface area is 113 Å². The first-order valence-electron chi connectivity index (χ1n) is 5.79. The quantitative estimate of drug-likeness (QED) is 0.871. The number of methoxy groups -OCH3 is 1. The molecule has 1 N–H and O–H groups in total. The van der Waals surface area contributed by atoms with Gasteiger partial charge in [-0.25, -0.2) is 8.42 Å². The zero-order valence-corrected chi connectivity index (χ0v) is 12.7. The van der Waals surface area contributed by atoms with Crippen molar-refractivity contribution < 1.29 is 13.2 Å². The summed E-state index contributed by atoms with van der Waals surface area (Å²) in [5.74, 6) is -0.229. The summed E-state index contributed by atoms with van der Waals surface area (Å²) >= 11 is 0. The van der Waals surface area contributed by atoms with Crippen LogP contribution in [0.3, 0.4) is 0 Å². The van der Waals surface area contributed by atoms with Crippen molar-refractivity contribution in [2.75, 3.05) is 17.6 Å². The van der Waals surface area contributed by atoms with Crippen molar-refractivity contribution in [1.82, 2.24) is 4.57 Å². The molecule has 0 fully saturated rings. The van der Waals surface area contributed by atoms with Crippen LogP contribution in [-0.4, -0.2) is 31.4 Å². The minimum atomic E-state index is -3.65. The van der Waals surface area contributed by atoms with Crippen LogP contribution in [0.1, 0.15) is 19.4 Å². The number of hydrogen-bond donors (Lipinski definition) is 1. The number of aryl methyl sites for hydroxylation is 2. The SMILES string of the molecule is COC(C)(C)CS(=O)(=O)Nc1cc(C)cn(C)c1=O. The molecule has 0 aliphatic carbocycles. The van der Waals surface area contributed by atoms with E-state index in [0.29, 0.717) is 0 Å². The highest BCUT2D eigenvalue weighted by atomic mass is 32.2. The lowest BCUT2D eigenvalue weighted by Crippen LogP contribution is -2.36. The van der Waals surface area contributed by atoms with Gasteiger partial charge < -0.3 is 9.30 Å². The van der Waals surface area contributed by atoms with Crippen LogP contribution in [0.4, 0.5) is 5.69 Å². The van der Waals surface area contributed by atoms with Crippen LogP contribution in [0.15, 0.2) is 17.1 Å². The highest BCUT2D eigenvalue weighted by Gasteiger charge is 2.26. The summed E-state index contributed by atoms with van der Waals surface area (Å²) in [7, 11) is -0.628. The second-order valence-electron chi connectivity index (χ2n) is 5.17. The first-order chi connectivity index (χ1) is 8.56. The van der Waals surface area contributed by atoms with Crippen molar-refractivity contribution in [2.45, 2.75) is 26.4 Å². The molecule has 0 bridgehead atoms. The Balaban J connectivity index is 3.06. The summed E-state index contributed by atoms with van der Waals surface area (Å²) in [5.41, 5.74) is -0.356. The third-order valence-corrected chi connectivity index (χ3v) is 4.28. The van der Waals surface area contributed by atoms with Crippen molar-refractivity contribution in [2.24, 2.45) is 7.05 Å². The highest BCUT2D eigenvalue weighted by molar-refractivity contribution is 7.92. The van der Waals surface area contributed by atoms with Gasteiger partial charge in [-0.05, 0) is 32.4 Å². The number of nitrogens with one attached hydrogen (secondary N) is 1. The second-order valence-corrected chi connectivity index (χ2v) is 6.89. The molecule has 0 unspecified atom stereocenters. The molecule has 19 heavy (non-hydrogen) atoms. The molecule has 6 nitrogen and oxygen atoms in total. The maximum Gasteiger partial charge on any atom is 0.274 e. The standard InChI is InChI=1S/C12H20N2O4S/c1-9-6-10(11(15)14(4)7-9)13-19(16,17)8-12(2,3)18-5/h6-7,13H,8H2,1-5H3. The number of sulfonamides is 1. The molecule has 1 aromatic heterocycles. The number of hydrogen-bond acceptors (Lipinski definition) is 4. The minimum absolute atomic E-state index is 0.0504. The molecule has 7 heteroatoms. The summed E-state index contributed by atoms with van der Waals surface area (Å²) in [6.07, 6.45) is 1.64. The molecule has 0 aliphatic heterocycles. The average Bonchev–Trinajstić information content (AvgIpc) is 2.23. The van der Waals surface area contributed by atoms with E-state index in [-0.39, 0.29) is 17.0 Å². The minimum Gasteiger partial charge on any atom is -0.378 e. The molecule has 1 rings (SSSR count). The van der Waals surface area contributed by atoms with E-state index >= 15 is 0 Å². The van der Waals surface area contributed by atoms with Crippen LogP contribution in [0.5, 0.6) is 0 Å². The zero-order valence-electron chi connectivity index (χ0n) is 11.9. The van der Waals surface area contributed by atoms with E-state index in [1.54, 1.807) is 34.0 Å². The van der Waals surface area contributed by atoms with Crippen molar-refractivity contribution in [3.8, 4) is 0 Å². The summed E-state index contributed by atoms with van der Waals surface area (Å²) in [6, 6.07) is 1.51. The van der Waals surface area contributed by atoms with E-state index in [9.17, 15) is 13.2 Å². The summed E-state index contributed by atoms with van der Waals surface area (Å²) in [5, 5.41) is 0. The van der Waals surface area contributed by atoms with Gasteiger partial charge in [-0.15, -0.1) is 0 Å². The van der Waals surface area contributed by atoms with Crippen LogP contribution in [0.2, 0.25) is 0 Å². The molecule has 0 aliphatic rings. The van der Waals surface area contributed by atoms with Crippen LogP contribution < -0.4 is 10.3 Å². The normalized spacial score (nSPS) is 12.5. The van der Waals surface area contributed by atoms with Gasteiger partial charge in [0.15, 0.2) is 0 Å².